The highest BCUT2D eigenvalue weighted by Crippen LogP contribution is 2.26. The maximum atomic E-state index is 12.8. The van der Waals surface area contributed by atoms with E-state index in [9.17, 15) is 18.0 Å². The summed E-state index contributed by atoms with van der Waals surface area (Å²) < 4.78 is 27.0. The second kappa shape index (κ2) is 9.15. The number of carbonyl (C=O) groups excluding carboxylic acids is 1. The van der Waals surface area contributed by atoms with Gasteiger partial charge in [-0.1, -0.05) is 31.5 Å². The lowest BCUT2D eigenvalue weighted by molar-refractivity contribution is -0.149. The number of carbonyl (C=O) groups is 2. The topological polar surface area (TPSA) is 91.8 Å². The first kappa shape index (κ1) is 20.6. The van der Waals surface area contributed by atoms with Gasteiger partial charge in [-0.2, -0.15) is 4.31 Å². The second-order valence-electron chi connectivity index (χ2n) is 5.40. The Kier molecular flexibility index (Phi) is 7.86. The van der Waals surface area contributed by atoms with Crippen molar-refractivity contribution in [3.63, 3.8) is 0 Å². The predicted octanol–water partition coefficient (Wildman–Crippen LogP) is 2.74. The molecule has 0 heterocycles. The second-order valence-corrected chi connectivity index (χ2v) is 7.71. The van der Waals surface area contributed by atoms with Gasteiger partial charge in [0.1, 0.15) is 4.90 Å². The molecule has 0 aromatic heterocycles. The maximum Gasteiger partial charge on any atom is 0.372 e. The average molecular weight is 376 g/mol. The van der Waals surface area contributed by atoms with Gasteiger partial charge >= 0.3 is 5.97 Å². The Morgan fingerprint density at radius 1 is 1.17 bits per heavy atom. The number of rotatable bonds is 10. The number of carboxylic acids is 1. The Balaban J connectivity index is 3.11. The van der Waals surface area contributed by atoms with E-state index >= 15 is 0 Å². The first-order chi connectivity index (χ1) is 11.2. The summed E-state index contributed by atoms with van der Waals surface area (Å²) in [5.74, 6) is -2.40. The van der Waals surface area contributed by atoms with Crippen molar-refractivity contribution in [2.24, 2.45) is 0 Å². The Hall–Kier alpha value is -1.44. The predicted molar refractivity (Wildman–Crippen MR) is 91.8 cm³/mol. The number of sulfonamides is 1. The van der Waals surface area contributed by atoms with Crippen molar-refractivity contribution in [3.05, 3.63) is 28.8 Å². The van der Waals surface area contributed by atoms with Crippen LogP contribution in [0.5, 0.6) is 0 Å². The number of hydrogen-bond donors (Lipinski definition) is 1. The highest BCUT2D eigenvalue weighted by molar-refractivity contribution is 7.89. The van der Waals surface area contributed by atoms with Gasteiger partial charge in [0.25, 0.3) is 0 Å². The smallest absolute Gasteiger partial charge is 0.372 e. The normalized spacial score (nSPS) is 11.7. The zero-order chi connectivity index (χ0) is 18.3. The van der Waals surface area contributed by atoms with Crippen LogP contribution in [0.1, 0.15) is 38.7 Å². The summed E-state index contributed by atoms with van der Waals surface area (Å²) in [4.78, 5) is 21.7. The molecule has 6 nitrogen and oxygen atoms in total. The molecule has 1 aromatic rings. The van der Waals surface area contributed by atoms with Crippen molar-refractivity contribution in [2.45, 2.75) is 44.4 Å². The third-order valence-corrected chi connectivity index (χ3v) is 5.82. The van der Waals surface area contributed by atoms with Gasteiger partial charge in [-0.25, -0.2) is 13.2 Å². The summed E-state index contributed by atoms with van der Waals surface area (Å²) in [6, 6.07) is 4.48. The van der Waals surface area contributed by atoms with E-state index in [1.54, 1.807) is 6.07 Å². The van der Waals surface area contributed by atoms with Crippen LogP contribution in [0.4, 0.5) is 0 Å². The Bertz CT molecular complexity index is 696. The number of nitrogens with zero attached hydrogens (tertiary/aromatic N) is 1. The van der Waals surface area contributed by atoms with Crippen molar-refractivity contribution in [2.75, 3.05) is 13.1 Å². The molecule has 8 heteroatoms. The Morgan fingerprint density at radius 3 is 2.25 bits per heavy atom. The molecular weight excluding hydrogens is 354 g/mol. The number of halogens is 1. The monoisotopic (exact) mass is 375 g/mol. The zero-order valence-corrected chi connectivity index (χ0v) is 15.4. The van der Waals surface area contributed by atoms with E-state index in [4.69, 9.17) is 16.7 Å². The number of aryl methyl sites for hydroxylation is 1. The molecule has 0 amide bonds. The minimum absolute atomic E-state index is 0.00802. The van der Waals surface area contributed by atoms with E-state index in [-0.39, 0.29) is 22.8 Å². The summed E-state index contributed by atoms with van der Waals surface area (Å²) in [6.45, 7) is 4.59. The first-order valence-electron chi connectivity index (χ1n) is 7.78. The van der Waals surface area contributed by atoms with Crippen molar-refractivity contribution in [3.8, 4) is 0 Å². The van der Waals surface area contributed by atoms with Crippen LogP contribution in [-0.4, -0.2) is 42.7 Å². The van der Waals surface area contributed by atoms with Crippen LogP contribution in [-0.2, 0) is 26.0 Å². The average Bonchev–Trinajstić information content (AvgIpc) is 2.53. The minimum atomic E-state index is -3.73. The standard InChI is InChI=1S/C16H22ClNO5S/c1-3-9-18(10-4-2)24(22,23)15-11-12(5-7-13(15)17)6-8-14(19)16(20)21/h5,7,11H,3-4,6,8-10H2,1-2H3,(H,20,21). The molecule has 0 aliphatic heterocycles. The van der Waals surface area contributed by atoms with Crippen LogP contribution in [0.15, 0.2) is 23.1 Å². The van der Waals surface area contributed by atoms with E-state index in [2.05, 4.69) is 0 Å². The van der Waals surface area contributed by atoms with E-state index < -0.39 is 21.8 Å². The third-order valence-electron chi connectivity index (χ3n) is 3.44. The van der Waals surface area contributed by atoms with Crippen LogP contribution in [0, 0.1) is 0 Å². The van der Waals surface area contributed by atoms with Crippen LogP contribution in [0.25, 0.3) is 0 Å². The zero-order valence-electron chi connectivity index (χ0n) is 13.8. The molecular formula is C16H22ClNO5S. The van der Waals surface area contributed by atoms with Crippen molar-refractivity contribution in [1.29, 1.82) is 0 Å². The molecule has 0 saturated heterocycles. The Labute approximate surface area is 147 Å². The summed E-state index contributed by atoms with van der Waals surface area (Å²) in [6.07, 6.45) is 1.32. The van der Waals surface area contributed by atoms with Gasteiger partial charge in [0.05, 0.1) is 5.02 Å². The van der Waals surface area contributed by atoms with Gasteiger partial charge in [-0.3, -0.25) is 4.79 Å². The van der Waals surface area contributed by atoms with Crippen molar-refractivity contribution < 1.29 is 23.1 Å². The molecule has 1 aromatic carbocycles. The lowest BCUT2D eigenvalue weighted by Gasteiger charge is -2.22. The fourth-order valence-electron chi connectivity index (χ4n) is 2.26. The largest absolute Gasteiger partial charge is 0.476 e. The quantitative estimate of drug-likeness (QED) is 0.635. The van der Waals surface area contributed by atoms with E-state index in [1.165, 1.54) is 16.4 Å². The van der Waals surface area contributed by atoms with Crippen molar-refractivity contribution >= 4 is 33.4 Å². The molecule has 0 aliphatic carbocycles. The van der Waals surface area contributed by atoms with E-state index in [0.717, 1.165) is 0 Å². The highest BCUT2D eigenvalue weighted by Gasteiger charge is 2.26. The number of carboxylic acid groups (broad SMARTS) is 1. The SMILES string of the molecule is CCCN(CCC)S(=O)(=O)c1cc(CCC(=O)C(=O)O)ccc1Cl. The summed E-state index contributed by atoms with van der Waals surface area (Å²) in [5, 5.41) is 8.72. The van der Waals surface area contributed by atoms with Gasteiger partial charge in [0.15, 0.2) is 0 Å². The summed E-state index contributed by atoms with van der Waals surface area (Å²) in [5.41, 5.74) is 0.556. The lowest BCUT2D eigenvalue weighted by atomic mass is 10.1. The summed E-state index contributed by atoms with van der Waals surface area (Å²) in [7, 11) is -3.73. The third kappa shape index (κ3) is 5.29. The van der Waals surface area contributed by atoms with Crippen LogP contribution < -0.4 is 0 Å². The molecule has 0 bridgehead atoms. The van der Waals surface area contributed by atoms with Crippen LogP contribution in [0.3, 0.4) is 0 Å². The highest BCUT2D eigenvalue weighted by atomic mass is 35.5. The molecule has 0 spiro atoms. The molecule has 1 N–H and O–H groups in total. The number of Topliss-reactive ketones (excluding diaryl/α,β-unsaturated/α-hetero) is 1. The molecule has 0 aliphatic rings. The molecule has 0 fully saturated rings. The van der Waals surface area contributed by atoms with E-state index in [1.807, 2.05) is 13.8 Å². The van der Waals surface area contributed by atoms with Gasteiger partial charge in [0.2, 0.25) is 15.8 Å². The van der Waals surface area contributed by atoms with Gasteiger partial charge in [-0.15, -0.1) is 0 Å². The number of ketones is 1. The molecule has 134 valence electrons. The van der Waals surface area contributed by atoms with Crippen molar-refractivity contribution in [1.82, 2.24) is 4.31 Å². The molecule has 0 atom stereocenters. The summed E-state index contributed by atoms with van der Waals surface area (Å²) >= 11 is 6.07. The van der Waals surface area contributed by atoms with Crippen LogP contribution >= 0.6 is 11.6 Å². The molecule has 0 saturated carbocycles. The van der Waals surface area contributed by atoms with Gasteiger partial charge < -0.3 is 5.11 Å². The first-order valence-corrected chi connectivity index (χ1v) is 9.60. The Morgan fingerprint density at radius 2 is 1.75 bits per heavy atom. The van der Waals surface area contributed by atoms with Gasteiger partial charge in [-0.05, 0) is 37.0 Å². The number of hydrogen-bond acceptors (Lipinski definition) is 4. The van der Waals surface area contributed by atoms with Gasteiger partial charge in [0, 0.05) is 19.5 Å². The fourth-order valence-corrected chi connectivity index (χ4v) is 4.40. The lowest BCUT2D eigenvalue weighted by Crippen LogP contribution is -2.32. The number of benzene rings is 1. The molecule has 1 rings (SSSR count). The molecule has 0 radical (unpaired) electrons. The minimum Gasteiger partial charge on any atom is -0.476 e. The molecule has 24 heavy (non-hydrogen) atoms. The van der Waals surface area contributed by atoms with E-state index in [0.29, 0.717) is 31.5 Å². The van der Waals surface area contributed by atoms with Crippen LogP contribution in [0.2, 0.25) is 5.02 Å². The maximum absolute atomic E-state index is 12.8. The fraction of sp³-hybridized carbons (Fsp3) is 0.500. The number of aliphatic carboxylic acids is 1. The molecule has 0 unspecified atom stereocenters.